The first-order chi connectivity index (χ1) is 9.61. The van der Waals surface area contributed by atoms with Crippen molar-refractivity contribution in [3.05, 3.63) is 71.3 Å². The molecule has 0 aromatic heterocycles. The van der Waals surface area contributed by atoms with Crippen LogP contribution in [0, 0.1) is 11.6 Å². The van der Waals surface area contributed by atoms with Crippen LogP contribution in [0.25, 0.3) is 0 Å². The van der Waals surface area contributed by atoms with E-state index >= 15 is 0 Å². The highest BCUT2D eigenvalue weighted by Crippen LogP contribution is 2.22. The van der Waals surface area contributed by atoms with Gasteiger partial charge in [0.2, 0.25) is 0 Å². The molecule has 0 aliphatic rings. The van der Waals surface area contributed by atoms with Crippen molar-refractivity contribution in [2.75, 3.05) is 13.6 Å². The maximum atomic E-state index is 13.8. The number of hydrogen-bond donors (Lipinski definition) is 1. The summed E-state index contributed by atoms with van der Waals surface area (Å²) in [7, 11) is 1.88. The van der Waals surface area contributed by atoms with Crippen LogP contribution in [0.1, 0.15) is 17.2 Å². The number of nitrogens with zero attached hydrogens (tertiary/aromatic N) is 1. The quantitative estimate of drug-likeness (QED) is 0.909. The number of rotatable bonds is 5. The second kappa shape index (κ2) is 6.59. The molecule has 0 radical (unpaired) electrons. The summed E-state index contributed by atoms with van der Waals surface area (Å²) in [6.07, 6.45) is 0. The molecule has 2 aromatic rings. The Morgan fingerprint density at radius 3 is 2.30 bits per heavy atom. The number of benzene rings is 2. The summed E-state index contributed by atoms with van der Waals surface area (Å²) in [5.41, 5.74) is 7.33. The van der Waals surface area contributed by atoms with Crippen LogP contribution >= 0.6 is 0 Å². The molecule has 0 saturated carbocycles. The zero-order valence-corrected chi connectivity index (χ0v) is 11.4. The molecule has 0 aliphatic carbocycles. The topological polar surface area (TPSA) is 29.3 Å². The molecule has 4 heteroatoms. The Balaban J connectivity index is 2.15. The summed E-state index contributed by atoms with van der Waals surface area (Å²) in [6.45, 7) is 0.898. The molecule has 2 aromatic carbocycles. The van der Waals surface area contributed by atoms with Crippen molar-refractivity contribution in [2.45, 2.75) is 12.6 Å². The maximum absolute atomic E-state index is 13.8. The Kier molecular flexibility index (Phi) is 4.82. The van der Waals surface area contributed by atoms with E-state index < -0.39 is 0 Å². The average molecular weight is 276 g/mol. The van der Waals surface area contributed by atoms with Gasteiger partial charge in [0.05, 0.1) is 0 Å². The van der Waals surface area contributed by atoms with Crippen LogP contribution in [0.15, 0.2) is 48.5 Å². The van der Waals surface area contributed by atoms with E-state index in [0.717, 1.165) is 5.56 Å². The maximum Gasteiger partial charge on any atom is 0.128 e. The normalized spacial score (nSPS) is 12.7. The highest BCUT2D eigenvalue weighted by Gasteiger charge is 2.18. The number of likely N-dealkylation sites (N-methyl/N-ethyl adjacent to an activating group) is 1. The molecule has 106 valence electrons. The molecular formula is C16H18F2N2. The summed E-state index contributed by atoms with van der Waals surface area (Å²) in [4.78, 5) is 1.96. The molecule has 1 unspecified atom stereocenters. The van der Waals surface area contributed by atoms with E-state index in [1.165, 1.54) is 18.2 Å². The minimum Gasteiger partial charge on any atom is -0.329 e. The molecule has 1 atom stereocenters. The molecule has 20 heavy (non-hydrogen) atoms. The summed E-state index contributed by atoms with van der Waals surface area (Å²) in [5, 5.41) is 0. The van der Waals surface area contributed by atoms with E-state index in [0.29, 0.717) is 18.7 Å². The third-order valence-electron chi connectivity index (χ3n) is 3.36. The zero-order valence-electron chi connectivity index (χ0n) is 11.4. The smallest absolute Gasteiger partial charge is 0.128 e. The van der Waals surface area contributed by atoms with Crippen LogP contribution in [0.2, 0.25) is 0 Å². The van der Waals surface area contributed by atoms with Crippen LogP contribution in [0.5, 0.6) is 0 Å². The molecule has 0 aliphatic heterocycles. The monoisotopic (exact) mass is 276 g/mol. The van der Waals surface area contributed by atoms with Crippen LogP contribution < -0.4 is 5.73 Å². The van der Waals surface area contributed by atoms with E-state index in [-0.39, 0.29) is 17.7 Å². The predicted octanol–water partition coefficient (Wildman–Crippen LogP) is 3.10. The lowest BCUT2D eigenvalue weighted by Gasteiger charge is -2.27. The van der Waals surface area contributed by atoms with Crippen LogP contribution in [0.4, 0.5) is 8.78 Å². The van der Waals surface area contributed by atoms with Crippen molar-refractivity contribution in [3.63, 3.8) is 0 Å². The van der Waals surface area contributed by atoms with Gasteiger partial charge in [0.15, 0.2) is 0 Å². The molecule has 2 nitrogen and oxygen atoms in total. The minimum absolute atomic E-state index is 0.207. The van der Waals surface area contributed by atoms with Gasteiger partial charge in [0.1, 0.15) is 11.6 Å². The lowest BCUT2D eigenvalue weighted by Crippen LogP contribution is -2.30. The van der Waals surface area contributed by atoms with Crippen LogP contribution in [-0.4, -0.2) is 18.5 Å². The van der Waals surface area contributed by atoms with Gasteiger partial charge in [0, 0.05) is 24.7 Å². The molecule has 0 heterocycles. The average Bonchev–Trinajstić information content (AvgIpc) is 2.44. The Morgan fingerprint density at radius 2 is 1.70 bits per heavy atom. The third-order valence-corrected chi connectivity index (χ3v) is 3.36. The van der Waals surface area contributed by atoms with Crippen molar-refractivity contribution in [1.29, 1.82) is 0 Å². The van der Waals surface area contributed by atoms with E-state index in [9.17, 15) is 8.78 Å². The summed E-state index contributed by atoms with van der Waals surface area (Å²) in [6, 6.07) is 12.7. The molecule has 0 bridgehead atoms. The zero-order chi connectivity index (χ0) is 14.5. The fourth-order valence-electron chi connectivity index (χ4n) is 2.28. The van der Waals surface area contributed by atoms with E-state index in [2.05, 4.69) is 0 Å². The lowest BCUT2D eigenvalue weighted by atomic mass is 10.0. The Morgan fingerprint density at radius 1 is 1.05 bits per heavy atom. The van der Waals surface area contributed by atoms with E-state index in [1.807, 2.05) is 11.9 Å². The van der Waals surface area contributed by atoms with Crippen molar-refractivity contribution in [1.82, 2.24) is 4.90 Å². The second-order valence-electron chi connectivity index (χ2n) is 4.81. The van der Waals surface area contributed by atoms with Gasteiger partial charge >= 0.3 is 0 Å². The largest absolute Gasteiger partial charge is 0.329 e. The number of hydrogen-bond acceptors (Lipinski definition) is 2. The first-order valence-electron chi connectivity index (χ1n) is 6.51. The standard InChI is InChI=1S/C16H18F2N2/c1-20(11-12-6-8-13(17)9-7-12)16(10-19)14-4-2-3-5-15(14)18/h2-9,16H,10-11,19H2,1H3. The van der Waals surface area contributed by atoms with Gasteiger partial charge in [-0.3, -0.25) is 4.90 Å². The SMILES string of the molecule is CN(Cc1ccc(F)cc1)C(CN)c1ccccc1F. The van der Waals surface area contributed by atoms with Gasteiger partial charge in [-0.2, -0.15) is 0 Å². The second-order valence-corrected chi connectivity index (χ2v) is 4.81. The van der Waals surface area contributed by atoms with Crippen molar-refractivity contribution < 1.29 is 8.78 Å². The van der Waals surface area contributed by atoms with Gasteiger partial charge in [-0.15, -0.1) is 0 Å². The molecule has 2 N–H and O–H groups in total. The minimum atomic E-state index is -0.263. The Hall–Kier alpha value is -1.78. The van der Waals surface area contributed by atoms with Crippen LogP contribution in [0.3, 0.4) is 0 Å². The fourth-order valence-corrected chi connectivity index (χ4v) is 2.28. The van der Waals surface area contributed by atoms with Gasteiger partial charge in [0.25, 0.3) is 0 Å². The summed E-state index contributed by atoms with van der Waals surface area (Å²) in [5.74, 6) is -0.519. The van der Waals surface area contributed by atoms with Crippen molar-refractivity contribution >= 4 is 0 Å². The summed E-state index contributed by atoms with van der Waals surface area (Å²) >= 11 is 0. The van der Waals surface area contributed by atoms with Gasteiger partial charge in [-0.05, 0) is 30.8 Å². The number of halogens is 2. The van der Waals surface area contributed by atoms with Crippen molar-refractivity contribution in [2.24, 2.45) is 5.73 Å². The first kappa shape index (κ1) is 14.6. The number of nitrogens with two attached hydrogens (primary N) is 1. The van der Waals surface area contributed by atoms with Gasteiger partial charge < -0.3 is 5.73 Å². The lowest BCUT2D eigenvalue weighted by molar-refractivity contribution is 0.236. The third kappa shape index (κ3) is 3.40. The molecule has 0 spiro atoms. The van der Waals surface area contributed by atoms with Crippen molar-refractivity contribution in [3.8, 4) is 0 Å². The molecule has 0 fully saturated rings. The van der Waals surface area contributed by atoms with Crippen LogP contribution in [-0.2, 0) is 6.54 Å². The Bertz CT molecular complexity index is 555. The summed E-state index contributed by atoms with van der Waals surface area (Å²) < 4.78 is 26.7. The molecule has 2 rings (SSSR count). The first-order valence-corrected chi connectivity index (χ1v) is 6.51. The predicted molar refractivity (Wildman–Crippen MR) is 76.1 cm³/mol. The fraction of sp³-hybridized carbons (Fsp3) is 0.250. The van der Waals surface area contributed by atoms with Gasteiger partial charge in [-0.25, -0.2) is 8.78 Å². The molecule has 0 saturated heterocycles. The Labute approximate surface area is 117 Å². The van der Waals surface area contributed by atoms with E-state index in [1.54, 1.807) is 30.3 Å². The highest BCUT2D eigenvalue weighted by atomic mass is 19.1. The highest BCUT2D eigenvalue weighted by molar-refractivity contribution is 5.22. The molecular weight excluding hydrogens is 258 g/mol. The van der Waals surface area contributed by atoms with E-state index in [4.69, 9.17) is 5.73 Å². The molecule has 0 amide bonds. The van der Waals surface area contributed by atoms with Gasteiger partial charge in [-0.1, -0.05) is 30.3 Å².